The van der Waals surface area contributed by atoms with Crippen LogP contribution in [0.1, 0.15) is 107 Å². The summed E-state index contributed by atoms with van der Waals surface area (Å²) < 4.78 is 29.0. The van der Waals surface area contributed by atoms with E-state index in [1.807, 2.05) is 0 Å². The number of methoxy groups -OCH3 is 2. The van der Waals surface area contributed by atoms with E-state index in [9.17, 15) is 38.4 Å². The first-order chi connectivity index (χ1) is 30.4. The van der Waals surface area contributed by atoms with Crippen LogP contribution in [0.15, 0.2) is 48.5 Å². The van der Waals surface area contributed by atoms with Crippen LogP contribution >= 0.6 is 0 Å². The molecule has 21 heteroatoms. The molecule has 2 atom stereocenters. The lowest BCUT2D eigenvalue weighted by molar-refractivity contribution is -0.146. The molecular formula is C44H68N6O15. The number of carbonyl (C=O) groups is 8. The molecule has 21 nitrogen and oxygen atoms in total. The average Bonchev–Trinajstić information content (AvgIpc) is 3.20. The fraction of sp³-hybridized carbons (Fsp3) is 0.545. The third-order valence-corrected chi connectivity index (χ3v) is 7.81. The Kier molecular flexibility index (Phi) is 27.9. The number of aliphatic carboxylic acids is 1. The first-order valence-corrected chi connectivity index (χ1v) is 20.9. The van der Waals surface area contributed by atoms with Crippen LogP contribution in [0.4, 0.5) is 41.9 Å². The summed E-state index contributed by atoms with van der Waals surface area (Å²) >= 11 is 0. The zero-order chi connectivity index (χ0) is 49.6. The number of carbonyl (C=O) groups excluding carboxylic acids is 7. The van der Waals surface area contributed by atoms with Gasteiger partial charge in [0.1, 0.15) is 23.3 Å². The monoisotopic (exact) mass is 920 g/mol. The van der Waals surface area contributed by atoms with E-state index in [-0.39, 0.29) is 32.0 Å². The summed E-state index contributed by atoms with van der Waals surface area (Å²) in [6.07, 6.45) is 0.198. The van der Waals surface area contributed by atoms with Crippen molar-refractivity contribution in [3.05, 3.63) is 48.5 Å². The molecule has 8 N–H and O–H groups in total. The van der Waals surface area contributed by atoms with Gasteiger partial charge in [-0.15, -0.1) is 0 Å². The zero-order valence-electron chi connectivity index (χ0n) is 39.1. The van der Waals surface area contributed by atoms with E-state index in [1.165, 1.54) is 14.2 Å². The lowest BCUT2D eigenvalue weighted by Crippen LogP contribution is -2.41. The Bertz CT molecular complexity index is 1830. The van der Waals surface area contributed by atoms with Gasteiger partial charge in [0.2, 0.25) is 5.91 Å². The predicted molar refractivity (Wildman–Crippen MR) is 242 cm³/mol. The lowest BCUT2D eigenvalue weighted by atomic mass is 10.1. The van der Waals surface area contributed by atoms with Gasteiger partial charge in [-0.25, -0.2) is 28.8 Å². The third-order valence-electron chi connectivity index (χ3n) is 7.81. The number of nitrogen functional groups attached to an aromatic ring is 1. The van der Waals surface area contributed by atoms with Crippen LogP contribution in [0.5, 0.6) is 0 Å². The van der Waals surface area contributed by atoms with E-state index in [0.29, 0.717) is 61.3 Å². The normalized spacial score (nSPS) is 11.4. The molecule has 0 aliphatic heterocycles. The van der Waals surface area contributed by atoms with Gasteiger partial charge in [-0.2, -0.15) is 0 Å². The van der Waals surface area contributed by atoms with E-state index < -0.39 is 65.6 Å². The summed E-state index contributed by atoms with van der Waals surface area (Å²) in [5.74, 6) is -2.23. The van der Waals surface area contributed by atoms with Crippen molar-refractivity contribution in [3.8, 4) is 0 Å². The van der Waals surface area contributed by atoms with Crippen LogP contribution in [0.2, 0.25) is 0 Å². The van der Waals surface area contributed by atoms with E-state index in [1.54, 1.807) is 104 Å². The van der Waals surface area contributed by atoms with Gasteiger partial charge in [0.05, 0.1) is 50.2 Å². The number of rotatable bonds is 19. The number of nitrogens with one attached hydrogen (secondary N) is 5. The molecule has 0 saturated heterocycles. The minimum Gasteiger partial charge on any atom is -0.481 e. The van der Waals surface area contributed by atoms with Crippen molar-refractivity contribution >= 4 is 70.9 Å². The molecule has 0 aliphatic carbocycles. The summed E-state index contributed by atoms with van der Waals surface area (Å²) in [5.41, 5.74) is 6.45. The predicted octanol–water partition coefficient (Wildman–Crippen LogP) is 7.36. The smallest absolute Gasteiger partial charge is 0.412 e. The fourth-order valence-electron chi connectivity index (χ4n) is 5.00. The summed E-state index contributed by atoms with van der Waals surface area (Å²) in [4.78, 5) is 92.0. The second-order valence-electron chi connectivity index (χ2n) is 15.7. The Labute approximate surface area is 380 Å². The molecule has 2 rings (SSSR count). The maximum Gasteiger partial charge on any atom is 0.412 e. The molecule has 2 aromatic carbocycles. The standard InChI is InChI=1S/C22H33N3O7.C11H16N2O2.C11H19NO6/c1-6-31-19(27)17(25-20(28)30-5)13-9-10-14-18(26)23-15-11-7-8-12-16(15)24-21(29)32-22(2,3)4;1-11(2,3)15-10(14)13-9-7-5-4-6-8(9)12;1-3-18-10(15)8(12-11(16)17-2)6-4-5-7-9(13)14/h7-8,11-12,17H,6,9-10,13-14H2,1-5H3,(H,23,26)(H,24,29)(H,25,28);4-7H,12H2,1-3H3,(H,13,14);8H,3-7H2,1-2H3,(H,12,16)(H,13,14). The Morgan fingerprint density at radius 1 is 0.569 bits per heavy atom. The maximum atomic E-state index is 12.3. The number of benzene rings is 2. The van der Waals surface area contributed by atoms with Crippen molar-refractivity contribution in [3.63, 3.8) is 0 Å². The van der Waals surface area contributed by atoms with Crippen molar-refractivity contribution in [2.24, 2.45) is 0 Å². The van der Waals surface area contributed by atoms with Crippen LogP contribution < -0.4 is 32.3 Å². The Morgan fingerprint density at radius 2 is 0.954 bits per heavy atom. The first-order valence-electron chi connectivity index (χ1n) is 20.9. The minimum atomic E-state index is -0.886. The number of ether oxygens (including phenoxy) is 6. The van der Waals surface area contributed by atoms with Crippen LogP contribution in [-0.4, -0.2) is 104 Å². The molecule has 0 aromatic heterocycles. The Hall–Kier alpha value is -6.80. The second-order valence-corrected chi connectivity index (χ2v) is 15.7. The van der Waals surface area contributed by atoms with Crippen LogP contribution in [0.25, 0.3) is 0 Å². The molecule has 364 valence electrons. The number of nitrogens with two attached hydrogens (primary N) is 1. The quantitative estimate of drug-likeness (QED) is 0.0313. The molecule has 0 radical (unpaired) electrons. The van der Waals surface area contributed by atoms with Gasteiger partial charge in [-0.1, -0.05) is 37.1 Å². The maximum absolute atomic E-state index is 12.3. The van der Waals surface area contributed by atoms with Gasteiger partial charge in [0.15, 0.2) is 0 Å². The molecule has 0 heterocycles. The molecular weight excluding hydrogens is 853 g/mol. The van der Waals surface area contributed by atoms with Gasteiger partial charge in [0.25, 0.3) is 0 Å². The third kappa shape index (κ3) is 29.2. The highest BCUT2D eigenvalue weighted by Gasteiger charge is 2.24. The van der Waals surface area contributed by atoms with Crippen molar-refractivity contribution < 1.29 is 71.9 Å². The van der Waals surface area contributed by atoms with E-state index >= 15 is 0 Å². The van der Waals surface area contributed by atoms with Crippen LogP contribution in [-0.2, 0) is 47.6 Å². The second kappa shape index (κ2) is 31.1. The Balaban J connectivity index is 0.00000104. The SMILES string of the molecule is CC(C)(C)OC(=O)Nc1ccccc1N.CCOC(=O)C(CCCCC(=O)Nc1ccccc1NC(=O)OC(C)(C)C)NC(=O)OC.CCOC(=O)C(CCCCC(=O)O)NC(=O)OC. The molecule has 2 unspecified atom stereocenters. The molecule has 0 aliphatic rings. The molecule has 0 spiro atoms. The van der Waals surface area contributed by atoms with E-state index in [4.69, 9.17) is 29.8 Å². The fourth-order valence-corrected chi connectivity index (χ4v) is 5.00. The number of unbranched alkanes of at least 4 members (excludes halogenated alkanes) is 2. The number of alkyl carbamates (subject to hydrolysis) is 2. The van der Waals surface area contributed by atoms with Crippen LogP contribution in [0, 0.1) is 0 Å². The van der Waals surface area contributed by atoms with E-state index in [2.05, 4.69) is 36.1 Å². The highest BCUT2D eigenvalue weighted by atomic mass is 16.6. The topological polar surface area (TPSA) is 298 Å². The van der Waals surface area contributed by atoms with Crippen molar-refractivity contribution in [1.29, 1.82) is 0 Å². The number of amides is 5. The van der Waals surface area contributed by atoms with Gasteiger partial charge >= 0.3 is 42.3 Å². The number of hydrogen-bond donors (Lipinski definition) is 7. The highest BCUT2D eigenvalue weighted by Crippen LogP contribution is 2.23. The summed E-state index contributed by atoms with van der Waals surface area (Å²) in [5, 5.41) is 21.2. The number of hydrogen-bond acceptors (Lipinski definition) is 15. The molecule has 0 fully saturated rings. The minimum absolute atomic E-state index is 0.0355. The Morgan fingerprint density at radius 3 is 1.34 bits per heavy atom. The molecule has 0 saturated carbocycles. The number of esters is 2. The largest absolute Gasteiger partial charge is 0.481 e. The number of anilines is 4. The lowest BCUT2D eigenvalue weighted by Gasteiger charge is -2.20. The van der Waals surface area contributed by atoms with Gasteiger partial charge in [0, 0.05) is 12.8 Å². The molecule has 2 aromatic rings. The van der Waals surface area contributed by atoms with Crippen molar-refractivity contribution in [1.82, 2.24) is 10.6 Å². The molecule has 65 heavy (non-hydrogen) atoms. The van der Waals surface area contributed by atoms with Crippen molar-refractivity contribution in [2.75, 3.05) is 49.1 Å². The molecule has 5 amide bonds. The first kappa shape index (κ1) is 58.2. The average molecular weight is 921 g/mol. The number of carboxylic acid groups (broad SMARTS) is 1. The summed E-state index contributed by atoms with van der Waals surface area (Å²) in [6, 6.07) is 12.2. The van der Waals surface area contributed by atoms with Gasteiger partial charge in [-0.3, -0.25) is 20.2 Å². The van der Waals surface area contributed by atoms with Crippen molar-refractivity contribution in [2.45, 2.75) is 130 Å². The molecule has 0 bridgehead atoms. The zero-order valence-corrected chi connectivity index (χ0v) is 39.1. The van der Waals surface area contributed by atoms with E-state index in [0.717, 1.165) is 0 Å². The van der Waals surface area contributed by atoms with Gasteiger partial charge < -0.3 is 55.2 Å². The summed E-state index contributed by atoms with van der Waals surface area (Å²) in [7, 11) is 2.40. The van der Waals surface area contributed by atoms with Gasteiger partial charge in [-0.05, 0) is 105 Å². The highest BCUT2D eigenvalue weighted by molar-refractivity contribution is 5.97. The summed E-state index contributed by atoms with van der Waals surface area (Å²) in [6.45, 7) is 14.4. The number of para-hydroxylation sites is 4. The number of carboxylic acids is 1. The van der Waals surface area contributed by atoms with Crippen LogP contribution in [0.3, 0.4) is 0 Å².